The molecule has 1 unspecified atom stereocenters. The molecule has 1 aromatic carbocycles. The summed E-state index contributed by atoms with van der Waals surface area (Å²) in [5.41, 5.74) is 2.47. The third-order valence-corrected chi connectivity index (χ3v) is 3.15. The molecule has 0 saturated carbocycles. The largest absolute Gasteiger partial charge is 0.410 e. The van der Waals surface area contributed by atoms with E-state index >= 15 is 0 Å². The molecule has 18 heavy (non-hydrogen) atoms. The molecule has 0 aliphatic rings. The highest BCUT2D eigenvalue weighted by Crippen LogP contribution is 2.15. The van der Waals surface area contributed by atoms with Crippen molar-refractivity contribution >= 4 is 5.97 Å². The molecule has 0 fully saturated rings. The second-order valence-electron chi connectivity index (χ2n) is 5.16. The first-order valence-electron chi connectivity index (χ1n) is 6.06. The molecule has 0 aromatic heterocycles. The number of aryl methyl sites for hydroxylation is 1. The van der Waals surface area contributed by atoms with E-state index in [1.165, 1.54) is 17.2 Å². The summed E-state index contributed by atoms with van der Waals surface area (Å²) in [5, 5.41) is 0. The Morgan fingerprint density at radius 2 is 1.94 bits per heavy atom. The molecule has 0 heterocycles. The third kappa shape index (κ3) is 4.00. The predicted molar refractivity (Wildman–Crippen MR) is 72.7 cm³/mol. The van der Waals surface area contributed by atoms with Crippen LogP contribution in [0.15, 0.2) is 36.9 Å². The number of carbonyl (C=O) groups excluding carboxylic acids is 1. The average Bonchev–Trinajstić information content (AvgIpc) is 2.31. The van der Waals surface area contributed by atoms with Gasteiger partial charge in [0.1, 0.15) is 6.54 Å². The van der Waals surface area contributed by atoms with E-state index in [-0.39, 0.29) is 12.2 Å². The van der Waals surface area contributed by atoms with E-state index in [4.69, 9.17) is 4.74 Å². The zero-order valence-electron chi connectivity index (χ0n) is 11.6. The van der Waals surface area contributed by atoms with Gasteiger partial charge in [0.05, 0.1) is 14.1 Å². The summed E-state index contributed by atoms with van der Waals surface area (Å²) >= 11 is 0. The number of quaternary nitrogens is 1. The Kier molecular flexibility index (Phi) is 4.68. The smallest absolute Gasteiger partial charge is 0.334 e. The van der Waals surface area contributed by atoms with Crippen molar-refractivity contribution in [2.24, 2.45) is 0 Å². The van der Waals surface area contributed by atoms with E-state index in [0.29, 0.717) is 4.48 Å². The van der Waals surface area contributed by atoms with Crippen molar-refractivity contribution in [2.75, 3.05) is 14.1 Å². The number of ether oxygens (including phenoxy) is 1. The molecule has 1 atom stereocenters. The first kappa shape index (κ1) is 14.5. The van der Waals surface area contributed by atoms with Crippen LogP contribution < -0.4 is 0 Å². The van der Waals surface area contributed by atoms with E-state index < -0.39 is 0 Å². The molecule has 0 aliphatic heterocycles. The molecule has 0 aliphatic carbocycles. The fraction of sp³-hybridized carbons (Fsp3) is 0.400. The number of benzene rings is 1. The van der Waals surface area contributed by atoms with Gasteiger partial charge in [-0.3, -0.25) is 4.48 Å². The number of esters is 1. The summed E-state index contributed by atoms with van der Waals surface area (Å²) in [6, 6.07) is 8.40. The van der Waals surface area contributed by atoms with Crippen molar-refractivity contribution in [2.45, 2.75) is 26.6 Å². The Labute approximate surface area is 109 Å². The lowest BCUT2D eigenvalue weighted by molar-refractivity contribution is -0.945. The minimum Gasteiger partial charge on any atom is -0.410 e. The van der Waals surface area contributed by atoms with Crippen LogP contribution >= 0.6 is 0 Å². The zero-order chi connectivity index (χ0) is 13.8. The first-order valence-corrected chi connectivity index (χ1v) is 6.06. The molecule has 0 N–H and O–H groups in total. The average molecular weight is 248 g/mol. The zero-order valence-corrected chi connectivity index (χ0v) is 11.6. The summed E-state index contributed by atoms with van der Waals surface area (Å²) in [6.45, 7) is 8.19. The lowest BCUT2D eigenvalue weighted by Crippen LogP contribution is -2.48. The Bertz CT molecular complexity index is 421. The maximum absolute atomic E-state index is 11.2. The van der Waals surface area contributed by atoms with Crippen molar-refractivity contribution in [1.29, 1.82) is 0 Å². The predicted octanol–water partition coefficient (Wildman–Crippen LogP) is 2.65. The standard InChI is InChI=1S/C15H22NO2/c1-6-15(17)18-13(3)16(4,5)11-14-9-7-12(2)8-10-14/h6-10,13H,1,11H2,2-5H3/q+1. The van der Waals surface area contributed by atoms with Crippen molar-refractivity contribution in [1.82, 2.24) is 0 Å². The number of carbonyl (C=O) groups is 1. The normalized spacial score (nSPS) is 12.9. The van der Waals surface area contributed by atoms with Gasteiger partial charge in [-0.1, -0.05) is 36.4 Å². The van der Waals surface area contributed by atoms with Crippen molar-refractivity contribution in [3.8, 4) is 0 Å². The van der Waals surface area contributed by atoms with E-state index in [1.54, 1.807) is 0 Å². The highest BCUT2D eigenvalue weighted by atomic mass is 16.6. The molecule has 0 radical (unpaired) electrons. The van der Waals surface area contributed by atoms with Crippen molar-refractivity contribution < 1.29 is 14.0 Å². The Morgan fingerprint density at radius 3 is 2.44 bits per heavy atom. The summed E-state index contributed by atoms with van der Waals surface area (Å²) in [4.78, 5) is 11.2. The van der Waals surface area contributed by atoms with Gasteiger partial charge in [0, 0.05) is 18.6 Å². The maximum atomic E-state index is 11.2. The van der Waals surface area contributed by atoms with Crippen LogP contribution in [0.3, 0.4) is 0 Å². The van der Waals surface area contributed by atoms with Gasteiger partial charge in [0.25, 0.3) is 0 Å². The Morgan fingerprint density at radius 1 is 1.39 bits per heavy atom. The van der Waals surface area contributed by atoms with Crippen molar-refractivity contribution in [3.63, 3.8) is 0 Å². The van der Waals surface area contributed by atoms with Gasteiger partial charge in [0.15, 0.2) is 0 Å². The van der Waals surface area contributed by atoms with E-state index in [2.05, 4.69) is 37.8 Å². The maximum Gasteiger partial charge on any atom is 0.334 e. The lowest BCUT2D eigenvalue weighted by Gasteiger charge is -2.34. The van der Waals surface area contributed by atoms with Crippen LogP contribution in [0.5, 0.6) is 0 Å². The molecule has 3 heteroatoms. The van der Waals surface area contributed by atoms with Crippen molar-refractivity contribution in [3.05, 3.63) is 48.0 Å². The molecule has 1 rings (SSSR count). The highest BCUT2D eigenvalue weighted by Gasteiger charge is 2.26. The molecular weight excluding hydrogens is 226 g/mol. The van der Waals surface area contributed by atoms with Gasteiger partial charge in [-0.05, 0) is 6.92 Å². The van der Waals surface area contributed by atoms with Crippen LogP contribution in [0.25, 0.3) is 0 Å². The summed E-state index contributed by atoms with van der Waals surface area (Å²) in [5.74, 6) is -0.377. The van der Waals surface area contributed by atoms with Crippen LogP contribution in [0.1, 0.15) is 18.1 Å². The third-order valence-electron chi connectivity index (χ3n) is 3.15. The molecule has 0 spiro atoms. The van der Waals surface area contributed by atoms with E-state index in [0.717, 1.165) is 6.54 Å². The quantitative estimate of drug-likeness (QED) is 0.346. The van der Waals surface area contributed by atoms with Crippen LogP contribution in [0.4, 0.5) is 0 Å². The molecule has 0 bridgehead atoms. The SMILES string of the molecule is C=CC(=O)OC(C)[N+](C)(C)Cc1ccc(C)cc1. The number of hydrogen-bond acceptors (Lipinski definition) is 2. The molecule has 3 nitrogen and oxygen atoms in total. The Balaban J connectivity index is 2.71. The van der Waals surface area contributed by atoms with Crippen LogP contribution in [0, 0.1) is 6.92 Å². The summed E-state index contributed by atoms with van der Waals surface area (Å²) < 4.78 is 5.86. The fourth-order valence-electron chi connectivity index (χ4n) is 1.65. The number of hydrogen-bond donors (Lipinski definition) is 0. The van der Waals surface area contributed by atoms with Gasteiger partial charge < -0.3 is 4.74 Å². The molecule has 0 saturated heterocycles. The molecule has 98 valence electrons. The lowest BCUT2D eigenvalue weighted by atomic mass is 10.1. The van der Waals surface area contributed by atoms with Gasteiger partial charge >= 0.3 is 5.97 Å². The monoisotopic (exact) mass is 248 g/mol. The number of rotatable bonds is 5. The highest BCUT2D eigenvalue weighted by molar-refractivity contribution is 5.81. The van der Waals surface area contributed by atoms with Crippen LogP contribution in [-0.2, 0) is 16.1 Å². The van der Waals surface area contributed by atoms with Gasteiger partial charge in [0.2, 0.25) is 6.23 Å². The molecule has 1 aromatic rings. The fourth-order valence-corrected chi connectivity index (χ4v) is 1.65. The summed E-state index contributed by atoms with van der Waals surface area (Å²) in [7, 11) is 4.09. The molecular formula is C15H22NO2+. The van der Waals surface area contributed by atoms with Gasteiger partial charge in [-0.25, -0.2) is 4.79 Å². The second kappa shape index (κ2) is 5.83. The molecule has 0 amide bonds. The second-order valence-corrected chi connectivity index (χ2v) is 5.16. The van der Waals surface area contributed by atoms with E-state index in [1.807, 2.05) is 21.0 Å². The summed E-state index contributed by atoms with van der Waals surface area (Å²) in [6.07, 6.45) is 0.986. The minimum atomic E-state index is -0.377. The van der Waals surface area contributed by atoms with Crippen LogP contribution in [-0.4, -0.2) is 30.8 Å². The van der Waals surface area contributed by atoms with Gasteiger partial charge in [-0.2, -0.15) is 0 Å². The Hall–Kier alpha value is -1.61. The minimum absolute atomic E-state index is 0.211. The van der Waals surface area contributed by atoms with Gasteiger partial charge in [-0.15, -0.1) is 0 Å². The topological polar surface area (TPSA) is 26.3 Å². The first-order chi connectivity index (χ1) is 8.35. The van der Waals surface area contributed by atoms with E-state index in [9.17, 15) is 4.79 Å². The van der Waals surface area contributed by atoms with Crippen LogP contribution in [0.2, 0.25) is 0 Å². The number of nitrogens with zero attached hydrogens (tertiary/aromatic N) is 1.